The number of anilines is 2. The van der Waals surface area contributed by atoms with E-state index in [1.54, 1.807) is 50.2 Å². The Morgan fingerprint density at radius 3 is 1.11 bits per heavy atom. The van der Waals surface area contributed by atoms with Crippen molar-refractivity contribution in [2.24, 2.45) is 0 Å². The third-order valence-electron chi connectivity index (χ3n) is 10.3. The van der Waals surface area contributed by atoms with Crippen LogP contribution in [0.4, 0.5) is 21.0 Å². The average Bonchev–Trinajstić information content (AvgIpc) is 3.29. The number of aryl methyl sites for hydroxylation is 2. The van der Waals surface area contributed by atoms with Crippen LogP contribution in [-0.2, 0) is 35.5 Å². The highest BCUT2D eigenvalue weighted by Gasteiger charge is 2.35. The van der Waals surface area contributed by atoms with Crippen molar-refractivity contribution in [1.82, 2.24) is 10.6 Å². The number of ether oxygens (including phenoxy) is 2. The van der Waals surface area contributed by atoms with Crippen molar-refractivity contribution in [3.05, 3.63) is 202 Å². The molecule has 4 amide bonds. The number of hydrogen-bond donors (Lipinski definition) is 6. The molecule has 62 heavy (non-hydrogen) atoms. The van der Waals surface area contributed by atoms with Gasteiger partial charge in [0.15, 0.2) is 0 Å². The molecule has 6 aromatic rings. The Labute approximate surface area is 360 Å². The predicted molar refractivity (Wildman–Crippen MR) is 238 cm³/mol. The van der Waals surface area contributed by atoms with Crippen molar-refractivity contribution in [3.63, 3.8) is 0 Å². The average molecular weight is 835 g/mol. The summed E-state index contributed by atoms with van der Waals surface area (Å²) in [5.74, 6) is -1.25. The SMILES string of the molecule is Cc1cccc(C(=O)N[C@@H](Cc2ccccc2)[C@H](O)[C@H](O)[C@H](Cc2ccccc2)NC(=O)c2cccc(C)c2NC(=O)OCc2ccccc2)c1NC(=O)OCc1ccccc1. The topological polar surface area (TPSA) is 175 Å². The zero-order valence-corrected chi connectivity index (χ0v) is 34.5. The molecule has 6 rings (SSSR count). The van der Waals surface area contributed by atoms with Crippen molar-refractivity contribution in [3.8, 4) is 0 Å². The number of aliphatic hydroxyl groups excluding tert-OH is 2. The highest BCUT2D eigenvalue weighted by atomic mass is 16.6. The molecular weight excluding hydrogens is 785 g/mol. The zero-order chi connectivity index (χ0) is 43.8. The lowest BCUT2D eigenvalue weighted by Gasteiger charge is -2.33. The third-order valence-corrected chi connectivity index (χ3v) is 10.3. The van der Waals surface area contributed by atoms with E-state index >= 15 is 0 Å². The van der Waals surface area contributed by atoms with Gasteiger partial charge in [-0.15, -0.1) is 0 Å². The van der Waals surface area contributed by atoms with Gasteiger partial charge in [-0.25, -0.2) is 9.59 Å². The Hall–Kier alpha value is -7.28. The van der Waals surface area contributed by atoms with Gasteiger partial charge in [0.25, 0.3) is 11.8 Å². The van der Waals surface area contributed by atoms with Crippen molar-refractivity contribution in [1.29, 1.82) is 0 Å². The zero-order valence-electron chi connectivity index (χ0n) is 34.5. The number of amides is 4. The monoisotopic (exact) mass is 834 g/mol. The first-order chi connectivity index (χ1) is 30.0. The molecule has 0 radical (unpaired) electrons. The van der Waals surface area contributed by atoms with E-state index in [-0.39, 0.29) is 48.6 Å². The molecule has 0 aliphatic heterocycles. The second kappa shape index (κ2) is 21.8. The van der Waals surface area contributed by atoms with E-state index in [1.807, 2.05) is 121 Å². The van der Waals surface area contributed by atoms with Crippen LogP contribution < -0.4 is 21.3 Å². The first-order valence-corrected chi connectivity index (χ1v) is 20.3. The summed E-state index contributed by atoms with van der Waals surface area (Å²) in [7, 11) is 0. The van der Waals surface area contributed by atoms with Crippen LogP contribution in [0, 0.1) is 13.8 Å². The fourth-order valence-corrected chi connectivity index (χ4v) is 6.99. The molecule has 0 saturated carbocycles. The first kappa shape index (κ1) is 44.3. The molecule has 4 atom stereocenters. The number of benzene rings is 6. The summed E-state index contributed by atoms with van der Waals surface area (Å²) in [6.07, 6.45) is -4.59. The predicted octanol–water partition coefficient (Wildman–Crippen LogP) is 7.91. The Balaban J connectivity index is 1.24. The number of hydrogen-bond acceptors (Lipinski definition) is 8. The molecule has 0 aromatic heterocycles. The van der Waals surface area contributed by atoms with Gasteiger partial charge in [-0.3, -0.25) is 20.2 Å². The van der Waals surface area contributed by atoms with Crippen LogP contribution in [0.25, 0.3) is 0 Å². The van der Waals surface area contributed by atoms with Crippen LogP contribution in [0.2, 0.25) is 0 Å². The molecule has 0 fully saturated rings. The van der Waals surface area contributed by atoms with E-state index in [2.05, 4.69) is 21.3 Å². The van der Waals surface area contributed by atoms with Crippen LogP contribution >= 0.6 is 0 Å². The molecule has 0 aliphatic carbocycles. The van der Waals surface area contributed by atoms with Gasteiger partial charge < -0.3 is 30.3 Å². The van der Waals surface area contributed by atoms with Gasteiger partial charge in [0.05, 0.1) is 34.6 Å². The van der Waals surface area contributed by atoms with Gasteiger partial charge in [0.2, 0.25) is 0 Å². The molecule has 0 saturated heterocycles. The molecule has 12 nitrogen and oxygen atoms in total. The van der Waals surface area contributed by atoms with E-state index < -0.39 is 48.3 Å². The normalized spacial score (nSPS) is 12.8. The van der Waals surface area contributed by atoms with E-state index in [0.29, 0.717) is 11.1 Å². The van der Waals surface area contributed by atoms with Gasteiger partial charge in [-0.05, 0) is 72.2 Å². The number of aliphatic hydroxyl groups is 2. The Morgan fingerprint density at radius 2 is 0.774 bits per heavy atom. The summed E-state index contributed by atoms with van der Waals surface area (Å²) in [4.78, 5) is 54.3. The van der Waals surface area contributed by atoms with Crippen LogP contribution in [0.15, 0.2) is 158 Å². The second-order valence-corrected chi connectivity index (χ2v) is 14.9. The standard InChI is InChI=1S/C50H50N4O8/c1-33-17-15-27-39(43(33)53-49(59)61-31-37-23-11-5-12-24-37)47(57)51-41(29-35-19-7-3-8-20-35)45(55)46(56)42(30-36-21-9-4-10-22-36)52-48(58)40-28-16-18-34(2)44(40)54-50(60)62-32-38-25-13-6-14-26-38/h3-28,41-42,45-46,55-56H,29-32H2,1-2H3,(H,51,57)(H,52,58)(H,53,59)(H,54,60)/t41-,42-,45-,46+/m0/s1. The Bertz CT molecular complexity index is 2250. The Kier molecular flexibility index (Phi) is 15.6. The Morgan fingerprint density at radius 1 is 0.452 bits per heavy atom. The van der Waals surface area contributed by atoms with E-state index in [1.165, 1.54) is 0 Å². The minimum atomic E-state index is -1.63. The number of nitrogens with one attached hydrogen (secondary N) is 4. The fraction of sp³-hybridized carbons (Fsp3) is 0.200. The lowest BCUT2D eigenvalue weighted by molar-refractivity contribution is -0.0219. The molecule has 0 aliphatic rings. The maximum atomic E-state index is 14.2. The second-order valence-electron chi connectivity index (χ2n) is 14.9. The van der Waals surface area contributed by atoms with Crippen molar-refractivity contribution >= 4 is 35.4 Å². The summed E-state index contributed by atoms with van der Waals surface area (Å²) in [6.45, 7) is 3.52. The van der Waals surface area contributed by atoms with E-state index in [0.717, 1.165) is 22.3 Å². The van der Waals surface area contributed by atoms with Crippen molar-refractivity contribution in [2.45, 2.75) is 64.2 Å². The van der Waals surface area contributed by atoms with Gasteiger partial charge in [0, 0.05) is 0 Å². The maximum Gasteiger partial charge on any atom is 0.411 e. The minimum absolute atomic E-state index is 0.0208. The van der Waals surface area contributed by atoms with Crippen LogP contribution in [-0.4, -0.2) is 58.5 Å². The van der Waals surface area contributed by atoms with Crippen molar-refractivity contribution in [2.75, 3.05) is 10.6 Å². The molecule has 12 heteroatoms. The third kappa shape index (κ3) is 12.4. The first-order valence-electron chi connectivity index (χ1n) is 20.3. The molecule has 6 N–H and O–H groups in total. The lowest BCUT2D eigenvalue weighted by Crippen LogP contribution is -2.57. The number of rotatable bonds is 17. The molecule has 0 heterocycles. The van der Waals surface area contributed by atoms with Crippen LogP contribution in [0.5, 0.6) is 0 Å². The molecule has 318 valence electrons. The van der Waals surface area contributed by atoms with Gasteiger partial charge in [-0.1, -0.05) is 146 Å². The quantitative estimate of drug-likeness (QED) is 0.0538. The molecule has 0 bridgehead atoms. The summed E-state index contributed by atoms with van der Waals surface area (Å²) in [6, 6.07) is 44.4. The van der Waals surface area contributed by atoms with Gasteiger partial charge >= 0.3 is 12.2 Å². The van der Waals surface area contributed by atoms with E-state index in [9.17, 15) is 29.4 Å². The molecular formula is C50H50N4O8. The highest BCUT2D eigenvalue weighted by molar-refractivity contribution is 6.04. The number of carbonyl (C=O) groups excluding carboxylic acids is 4. The maximum absolute atomic E-state index is 14.2. The number of carbonyl (C=O) groups is 4. The summed E-state index contributed by atoms with van der Waals surface area (Å²) in [5, 5.41) is 35.4. The molecule has 0 spiro atoms. The van der Waals surface area contributed by atoms with Gasteiger partial charge in [0.1, 0.15) is 25.4 Å². The summed E-state index contributed by atoms with van der Waals surface area (Å²) >= 11 is 0. The van der Waals surface area contributed by atoms with Gasteiger partial charge in [-0.2, -0.15) is 0 Å². The molecule has 6 aromatic carbocycles. The minimum Gasteiger partial charge on any atom is -0.444 e. The largest absolute Gasteiger partial charge is 0.444 e. The van der Waals surface area contributed by atoms with Crippen molar-refractivity contribution < 1.29 is 38.9 Å². The fourth-order valence-electron chi connectivity index (χ4n) is 6.99. The molecule has 0 unspecified atom stereocenters. The highest BCUT2D eigenvalue weighted by Crippen LogP contribution is 2.25. The summed E-state index contributed by atoms with van der Waals surface area (Å²) in [5.41, 5.74) is 4.94. The smallest absolute Gasteiger partial charge is 0.411 e. The van der Waals surface area contributed by atoms with E-state index in [4.69, 9.17) is 9.47 Å². The van der Waals surface area contributed by atoms with Crippen LogP contribution in [0.1, 0.15) is 54.1 Å². The van der Waals surface area contributed by atoms with Crippen LogP contribution in [0.3, 0.4) is 0 Å². The lowest BCUT2D eigenvalue weighted by atomic mass is 9.90. The summed E-state index contributed by atoms with van der Waals surface area (Å²) < 4.78 is 10.9. The number of para-hydroxylation sites is 2.